The Bertz CT molecular complexity index is 357. The molecule has 1 atom stereocenters. The zero-order valence-corrected chi connectivity index (χ0v) is 12.5. The van der Waals surface area contributed by atoms with Crippen LogP contribution in [0.2, 0.25) is 0 Å². The van der Waals surface area contributed by atoms with Crippen LogP contribution in [0.25, 0.3) is 0 Å². The molecule has 1 aromatic heterocycles. The van der Waals surface area contributed by atoms with Gasteiger partial charge in [-0.1, -0.05) is 6.92 Å². The van der Waals surface area contributed by atoms with Crippen molar-refractivity contribution in [2.24, 2.45) is 7.05 Å². The molecule has 1 rings (SSSR count). The number of nitrogens with zero attached hydrogens (tertiary/aromatic N) is 2. The van der Waals surface area contributed by atoms with Gasteiger partial charge >= 0.3 is 0 Å². The van der Waals surface area contributed by atoms with Crippen LogP contribution in [0.15, 0.2) is 0 Å². The lowest BCUT2D eigenvalue weighted by molar-refractivity contribution is 0.502. The molecule has 0 aliphatic heterocycles. The van der Waals surface area contributed by atoms with Crippen LogP contribution in [0.1, 0.15) is 37.2 Å². The van der Waals surface area contributed by atoms with Crippen molar-refractivity contribution in [1.29, 1.82) is 0 Å². The maximum atomic E-state index is 4.45. The Morgan fingerprint density at radius 3 is 2.61 bits per heavy atom. The van der Waals surface area contributed by atoms with Gasteiger partial charge in [-0.15, -0.1) is 0 Å². The Balaban J connectivity index is 2.25. The Morgan fingerprint density at radius 1 is 1.33 bits per heavy atom. The largest absolute Gasteiger partial charge is 0.315 e. The molecule has 0 fully saturated rings. The van der Waals surface area contributed by atoms with E-state index in [4.69, 9.17) is 0 Å². The second kappa shape index (κ2) is 7.54. The number of likely N-dealkylation sites (N-methyl/N-ethyl adjacent to an activating group) is 1. The fraction of sp³-hybridized carbons (Fsp3) is 0.786. The first-order valence-corrected chi connectivity index (χ1v) is 6.99. The van der Waals surface area contributed by atoms with E-state index >= 15 is 0 Å². The number of hydrogen-bond donors (Lipinski definition) is 2. The number of hydrogen-bond acceptors (Lipinski definition) is 3. The molecule has 0 aliphatic carbocycles. The van der Waals surface area contributed by atoms with Gasteiger partial charge in [0.1, 0.15) is 0 Å². The molecule has 0 saturated carbocycles. The average Bonchev–Trinajstić information content (AvgIpc) is 2.57. The van der Waals surface area contributed by atoms with Crippen molar-refractivity contribution in [3.05, 3.63) is 17.0 Å². The van der Waals surface area contributed by atoms with E-state index in [2.05, 4.69) is 43.4 Å². The minimum absolute atomic E-state index is 0.543. The van der Waals surface area contributed by atoms with Crippen LogP contribution < -0.4 is 10.6 Å². The van der Waals surface area contributed by atoms with Gasteiger partial charge in [-0.25, -0.2) is 0 Å². The molecule has 0 radical (unpaired) electrons. The van der Waals surface area contributed by atoms with Gasteiger partial charge in [0, 0.05) is 25.3 Å². The van der Waals surface area contributed by atoms with Crippen molar-refractivity contribution in [2.75, 3.05) is 19.6 Å². The molecule has 1 aromatic rings. The molecular weight excluding hydrogens is 224 g/mol. The van der Waals surface area contributed by atoms with E-state index in [1.54, 1.807) is 0 Å². The average molecular weight is 252 g/mol. The third kappa shape index (κ3) is 4.42. The first-order chi connectivity index (χ1) is 8.56. The van der Waals surface area contributed by atoms with Crippen molar-refractivity contribution in [1.82, 2.24) is 20.4 Å². The van der Waals surface area contributed by atoms with Gasteiger partial charge in [-0.3, -0.25) is 4.68 Å². The number of aromatic nitrogens is 2. The molecule has 0 bridgehead atoms. The number of nitrogens with one attached hydrogen (secondary N) is 2. The van der Waals surface area contributed by atoms with E-state index < -0.39 is 0 Å². The van der Waals surface area contributed by atoms with Crippen molar-refractivity contribution in [3.8, 4) is 0 Å². The standard InChI is InChI=1S/C14H28N4/c1-6-15-10-11(2)16-9-7-8-14-12(3)17-18(5)13(14)4/h11,15-16H,6-10H2,1-5H3. The zero-order valence-electron chi connectivity index (χ0n) is 12.5. The SMILES string of the molecule is CCNCC(C)NCCCc1c(C)nn(C)c1C. The van der Waals surface area contributed by atoms with E-state index in [1.807, 2.05) is 11.7 Å². The zero-order chi connectivity index (χ0) is 13.5. The molecule has 0 aromatic carbocycles. The molecule has 0 saturated heterocycles. The van der Waals surface area contributed by atoms with Crippen molar-refractivity contribution < 1.29 is 0 Å². The topological polar surface area (TPSA) is 41.9 Å². The molecular formula is C14H28N4. The van der Waals surface area contributed by atoms with E-state index in [0.717, 1.165) is 26.1 Å². The summed E-state index contributed by atoms with van der Waals surface area (Å²) in [5.74, 6) is 0. The lowest BCUT2D eigenvalue weighted by Gasteiger charge is -2.13. The third-order valence-electron chi connectivity index (χ3n) is 3.46. The van der Waals surface area contributed by atoms with Crippen LogP contribution >= 0.6 is 0 Å². The van der Waals surface area contributed by atoms with Crippen molar-refractivity contribution >= 4 is 0 Å². The molecule has 4 nitrogen and oxygen atoms in total. The van der Waals surface area contributed by atoms with Gasteiger partial charge in [-0.05, 0) is 52.3 Å². The Labute approximate surface area is 111 Å². The maximum absolute atomic E-state index is 4.45. The predicted octanol–water partition coefficient (Wildman–Crippen LogP) is 1.56. The van der Waals surface area contributed by atoms with Crippen LogP contribution in [-0.4, -0.2) is 35.5 Å². The smallest absolute Gasteiger partial charge is 0.0628 e. The molecule has 0 aliphatic rings. The second-order valence-corrected chi connectivity index (χ2v) is 5.04. The molecule has 4 heteroatoms. The van der Waals surface area contributed by atoms with Crippen molar-refractivity contribution in [2.45, 2.75) is 46.6 Å². The monoisotopic (exact) mass is 252 g/mol. The Morgan fingerprint density at radius 2 is 2.06 bits per heavy atom. The summed E-state index contributed by atoms with van der Waals surface area (Å²) >= 11 is 0. The van der Waals surface area contributed by atoms with Gasteiger partial charge in [-0.2, -0.15) is 5.10 Å². The van der Waals surface area contributed by atoms with Gasteiger partial charge in [0.05, 0.1) is 5.69 Å². The van der Waals surface area contributed by atoms with Crippen LogP contribution in [0.3, 0.4) is 0 Å². The fourth-order valence-corrected chi connectivity index (χ4v) is 2.23. The predicted molar refractivity (Wildman–Crippen MR) is 77.0 cm³/mol. The molecule has 1 unspecified atom stereocenters. The summed E-state index contributed by atoms with van der Waals surface area (Å²) in [6.07, 6.45) is 2.29. The van der Waals surface area contributed by atoms with Gasteiger partial charge < -0.3 is 10.6 Å². The molecule has 104 valence electrons. The highest BCUT2D eigenvalue weighted by Crippen LogP contribution is 2.13. The van der Waals surface area contributed by atoms with Gasteiger partial charge in [0.25, 0.3) is 0 Å². The molecule has 18 heavy (non-hydrogen) atoms. The van der Waals surface area contributed by atoms with E-state index in [0.29, 0.717) is 6.04 Å². The molecule has 0 spiro atoms. The summed E-state index contributed by atoms with van der Waals surface area (Å²) in [4.78, 5) is 0. The van der Waals surface area contributed by atoms with Crippen LogP contribution in [-0.2, 0) is 13.5 Å². The highest BCUT2D eigenvalue weighted by Gasteiger charge is 2.08. The fourth-order valence-electron chi connectivity index (χ4n) is 2.23. The lowest BCUT2D eigenvalue weighted by Crippen LogP contribution is -2.36. The molecule has 1 heterocycles. The van der Waals surface area contributed by atoms with E-state index in [1.165, 1.54) is 23.4 Å². The highest BCUT2D eigenvalue weighted by atomic mass is 15.3. The number of aryl methyl sites for hydroxylation is 2. The first-order valence-electron chi connectivity index (χ1n) is 6.99. The highest BCUT2D eigenvalue weighted by molar-refractivity contribution is 5.24. The van der Waals surface area contributed by atoms with Crippen LogP contribution in [0.4, 0.5) is 0 Å². The van der Waals surface area contributed by atoms with Crippen LogP contribution in [0, 0.1) is 13.8 Å². The Hall–Kier alpha value is -0.870. The molecule has 2 N–H and O–H groups in total. The summed E-state index contributed by atoms with van der Waals surface area (Å²) in [7, 11) is 2.02. The quantitative estimate of drug-likeness (QED) is 0.690. The first kappa shape index (κ1) is 15.2. The normalized spacial score (nSPS) is 12.9. The minimum atomic E-state index is 0.543. The second-order valence-electron chi connectivity index (χ2n) is 5.04. The maximum Gasteiger partial charge on any atom is 0.0628 e. The third-order valence-corrected chi connectivity index (χ3v) is 3.46. The summed E-state index contributed by atoms with van der Waals surface area (Å²) in [5.41, 5.74) is 3.89. The molecule has 0 amide bonds. The summed E-state index contributed by atoms with van der Waals surface area (Å²) in [6, 6.07) is 0.543. The van der Waals surface area contributed by atoms with Crippen LogP contribution in [0.5, 0.6) is 0 Å². The number of rotatable bonds is 8. The lowest BCUT2D eigenvalue weighted by atomic mass is 10.1. The van der Waals surface area contributed by atoms with E-state index in [-0.39, 0.29) is 0 Å². The summed E-state index contributed by atoms with van der Waals surface area (Å²) in [5, 5.41) is 11.3. The summed E-state index contributed by atoms with van der Waals surface area (Å²) < 4.78 is 1.98. The van der Waals surface area contributed by atoms with Gasteiger partial charge in [0.2, 0.25) is 0 Å². The Kier molecular flexibility index (Phi) is 6.36. The van der Waals surface area contributed by atoms with E-state index in [9.17, 15) is 0 Å². The van der Waals surface area contributed by atoms with Gasteiger partial charge in [0.15, 0.2) is 0 Å². The minimum Gasteiger partial charge on any atom is -0.315 e. The van der Waals surface area contributed by atoms with Crippen molar-refractivity contribution in [3.63, 3.8) is 0 Å². The summed E-state index contributed by atoms with van der Waals surface area (Å²) in [6.45, 7) is 11.8.